The van der Waals surface area contributed by atoms with Gasteiger partial charge in [-0.1, -0.05) is 23.7 Å². The van der Waals surface area contributed by atoms with E-state index < -0.39 is 0 Å². The van der Waals surface area contributed by atoms with Gasteiger partial charge in [-0.2, -0.15) is 0 Å². The number of carbonyl (C=O) groups excluding carboxylic acids is 2. The molecule has 0 radical (unpaired) electrons. The maximum atomic E-state index is 11.7. The molecule has 0 heterocycles. The van der Waals surface area contributed by atoms with Gasteiger partial charge in [0.2, 0.25) is 5.91 Å². The SMILES string of the molecule is CC(=O)N(CCNC(=O)NC1CC1)CCc1cccc(Cl)c1. The van der Waals surface area contributed by atoms with Crippen LogP contribution in [0.3, 0.4) is 0 Å². The molecule has 0 atom stereocenters. The lowest BCUT2D eigenvalue weighted by Crippen LogP contribution is -2.42. The molecule has 1 aliphatic carbocycles. The largest absolute Gasteiger partial charge is 0.341 e. The summed E-state index contributed by atoms with van der Waals surface area (Å²) in [5, 5.41) is 6.33. The minimum atomic E-state index is -0.152. The zero-order chi connectivity index (χ0) is 15.9. The van der Waals surface area contributed by atoms with E-state index in [9.17, 15) is 9.59 Å². The molecular formula is C16H22ClN3O2. The second-order valence-electron chi connectivity index (χ2n) is 5.56. The van der Waals surface area contributed by atoms with Crippen LogP contribution in [0.2, 0.25) is 5.02 Å². The quantitative estimate of drug-likeness (QED) is 0.808. The molecular weight excluding hydrogens is 302 g/mol. The predicted octanol–water partition coefficient (Wildman–Crippen LogP) is 2.19. The van der Waals surface area contributed by atoms with E-state index in [0.717, 1.165) is 24.8 Å². The van der Waals surface area contributed by atoms with Crippen LogP contribution >= 0.6 is 11.6 Å². The summed E-state index contributed by atoms with van der Waals surface area (Å²) in [5.41, 5.74) is 1.10. The van der Waals surface area contributed by atoms with Crippen molar-refractivity contribution in [1.82, 2.24) is 15.5 Å². The van der Waals surface area contributed by atoms with Crippen molar-refractivity contribution in [3.63, 3.8) is 0 Å². The lowest BCUT2D eigenvalue weighted by Gasteiger charge is -2.21. The van der Waals surface area contributed by atoms with Gasteiger partial charge in [0.1, 0.15) is 0 Å². The van der Waals surface area contributed by atoms with E-state index in [-0.39, 0.29) is 11.9 Å². The fraction of sp³-hybridized carbons (Fsp3) is 0.500. The fourth-order valence-electron chi connectivity index (χ4n) is 2.15. The minimum absolute atomic E-state index is 0.00595. The first kappa shape index (κ1) is 16.6. The average molecular weight is 324 g/mol. The van der Waals surface area contributed by atoms with Crippen LogP contribution in [-0.4, -0.2) is 42.5 Å². The molecule has 0 aliphatic heterocycles. The Kier molecular flexibility index (Phi) is 6.07. The van der Waals surface area contributed by atoms with E-state index in [1.807, 2.05) is 24.3 Å². The standard InChI is InChI=1S/C16H22ClN3O2/c1-12(21)20(9-7-13-3-2-4-14(17)11-13)10-8-18-16(22)19-15-5-6-15/h2-4,11,15H,5-10H2,1H3,(H2,18,19,22). The zero-order valence-corrected chi connectivity index (χ0v) is 13.5. The molecule has 22 heavy (non-hydrogen) atoms. The van der Waals surface area contributed by atoms with Gasteiger partial charge in [0, 0.05) is 37.6 Å². The molecule has 0 unspecified atom stereocenters. The number of benzene rings is 1. The first-order valence-electron chi connectivity index (χ1n) is 7.59. The molecule has 0 spiro atoms. The molecule has 120 valence electrons. The molecule has 6 heteroatoms. The summed E-state index contributed by atoms with van der Waals surface area (Å²) >= 11 is 5.95. The molecule has 1 aromatic rings. The van der Waals surface area contributed by atoms with Crippen molar-refractivity contribution in [3.05, 3.63) is 34.9 Å². The lowest BCUT2D eigenvalue weighted by molar-refractivity contribution is -0.128. The summed E-state index contributed by atoms with van der Waals surface area (Å²) in [6, 6.07) is 7.82. The summed E-state index contributed by atoms with van der Waals surface area (Å²) in [6.45, 7) is 3.12. The Morgan fingerprint density at radius 1 is 1.32 bits per heavy atom. The highest BCUT2D eigenvalue weighted by atomic mass is 35.5. The van der Waals surface area contributed by atoms with Crippen LogP contribution in [0.1, 0.15) is 25.3 Å². The summed E-state index contributed by atoms with van der Waals surface area (Å²) in [7, 11) is 0. The summed E-state index contributed by atoms with van der Waals surface area (Å²) in [6.07, 6.45) is 2.87. The smallest absolute Gasteiger partial charge is 0.315 e. The van der Waals surface area contributed by atoms with E-state index in [2.05, 4.69) is 10.6 Å². The van der Waals surface area contributed by atoms with E-state index in [0.29, 0.717) is 30.7 Å². The highest BCUT2D eigenvalue weighted by Crippen LogP contribution is 2.18. The number of nitrogens with zero attached hydrogens (tertiary/aromatic N) is 1. The third-order valence-electron chi connectivity index (χ3n) is 3.58. The second kappa shape index (κ2) is 8.03. The number of halogens is 1. The third kappa shape index (κ3) is 5.93. The van der Waals surface area contributed by atoms with Crippen molar-refractivity contribution in [2.45, 2.75) is 32.2 Å². The third-order valence-corrected chi connectivity index (χ3v) is 3.82. The van der Waals surface area contributed by atoms with Crippen LogP contribution in [0.5, 0.6) is 0 Å². The van der Waals surface area contributed by atoms with Gasteiger partial charge in [-0.3, -0.25) is 4.79 Å². The molecule has 1 fully saturated rings. The van der Waals surface area contributed by atoms with Crippen molar-refractivity contribution >= 4 is 23.5 Å². The Morgan fingerprint density at radius 2 is 2.09 bits per heavy atom. The van der Waals surface area contributed by atoms with Crippen molar-refractivity contribution in [2.75, 3.05) is 19.6 Å². The minimum Gasteiger partial charge on any atom is -0.341 e. The Bertz CT molecular complexity index is 532. The fourth-order valence-corrected chi connectivity index (χ4v) is 2.36. The van der Waals surface area contributed by atoms with Gasteiger partial charge in [-0.15, -0.1) is 0 Å². The molecule has 0 saturated heterocycles. The zero-order valence-electron chi connectivity index (χ0n) is 12.8. The van der Waals surface area contributed by atoms with Gasteiger partial charge in [-0.25, -0.2) is 4.79 Å². The second-order valence-corrected chi connectivity index (χ2v) is 6.00. The number of urea groups is 1. The van der Waals surface area contributed by atoms with Crippen LogP contribution in [0.15, 0.2) is 24.3 Å². The summed E-state index contributed by atoms with van der Waals surface area (Å²) in [5.74, 6) is 0.00595. The number of hydrogen-bond donors (Lipinski definition) is 2. The highest BCUT2D eigenvalue weighted by molar-refractivity contribution is 6.30. The molecule has 1 aromatic carbocycles. The van der Waals surface area contributed by atoms with Gasteiger partial charge in [0.25, 0.3) is 0 Å². The topological polar surface area (TPSA) is 61.4 Å². The normalized spacial score (nSPS) is 13.5. The molecule has 1 saturated carbocycles. The summed E-state index contributed by atoms with van der Waals surface area (Å²) in [4.78, 5) is 24.9. The van der Waals surface area contributed by atoms with Crippen LogP contribution in [-0.2, 0) is 11.2 Å². The van der Waals surface area contributed by atoms with Gasteiger partial charge in [0.05, 0.1) is 0 Å². The average Bonchev–Trinajstić information content (AvgIpc) is 3.26. The monoisotopic (exact) mass is 323 g/mol. The summed E-state index contributed by atoms with van der Waals surface area (Å²) < 4.78 is 0. The number of rotatable bonds is 7. The van der Waals surface area contributed by atoms with Crippen molar-refractivity contribution in [1.29, 1.82) is 0 Å². The van der Waals surface area contributed by atoms with Gasteiger partial charge in [0.15, 0.2) is 0 Å². The van der Waals surface area contributed by atoms with E-state index >= 15 is 0 Å². The van der Waals surface area contributed by atoms with E-state index in [1.54, 1.807) is 11.8 Å². The Hall–Kier alpha value is -1.75. The van der Waals surface area contributed by atoms with E-state index in [1.165, 1.54) is 0 Å². The molecule has 3 amide bonds. The number of hydrogen-bond acceptors (Lipinski definition) is 2. The van der Waals surface area contributed by atoms with Crippen LogP contribution in [0.4, 0.5) is 4.79 Å². The molecule has 2 N–H and O–H groups in total. The van der Waals surface area contributed by atoms with Crippen LogP contribution < -0.4 is 10.6 Å². The maximum Gasteiger partial charge on any atom is 0.315 e. The Labute approximate surface area is 136 Å². The highest BCUT2D eigenvalue weighted by Gasteiger charge is 2.22. The lowest BCUT2D eigenvalue weighted by atomic mass is 10.1. The van der Waals surface area contributed by atoms with Gasteiger partial charge < -0.3 is 15.5 Å². The predicted molar refractivity (Wildman–Crippen MR) is 87.0 cm³/mol. The van der Waals surface area contributed by atoms with Crippen molar-refractivity contribution in [3.8, 4) is 0 Å². The first-order valence-corrected chi connectivity index (χ1v) is 7.96. The van der Waals surface area contributed by atoms with Gasteiger partial charge >= 0.3 is 6.03 Å². The van der Waals surface area contributed by atoms with Gasteiger partial charge in [-0.05, 0) is 37.0 Å². The Morgan fingerprint density at radius 3 is 2.73 bits per heavy atom. The molecule has 1 aliphatic rings. The van der Waals surface area contributed by atoms with Crippen LogP contribution in [0, 0.1) is 0 Å². The van der Waals surface area contributed by atoms with Crippen molar-refractivity contribution in [2.24, 2.45) is 0 Å². The van der Waals surface area contributed by atoms with Crippen molar-refractivity contribution < 1.29 is 9.59 Å². The first-order chi connectivity index (χ1) is 10.5. The molecule has 0 bridgehead atoms. The maximum absolute atomic E-state index is 11.7. The molecule has 2 rings (SSSR count). The van der Waals surface area contributed by atoms with Crippen LogP contribution in [0.25, 0.3) is 0 Å². The number of carbonyl (C=O) groups is 2. The van der Waals surface area contributed by atoms with E-state index in [4.69, 9.17) is 11.6 Å². The number of amides is 3. The molecule has 5 nitrogen and oxygen atoms in total. The Balaban J connectivity index is 1.72. The molecule has 0 aromatic heterocycles. The number of nitrogens with one attached hydrogen (secondary N) is 2.